The van der Waals surface area contributed by atoms with Gasteiger partial charge in [0.05, 0.1) is 10.6 Å². The number of likely N-dealkylation sites (tertiary alicyclic amines) is 1. The SMILES string of the molecule is Cc1ccc(NS(=O)(=O)c2cc(C(=O)N3CCCCCC3)ccc2C)c(C)c1. The summed E-state index contributed by atoms with van der Waals surface area (Å²) in [6, 6.07) is 10.5. The van der Waals surface area contributed by atoms with Crippen molar-refractivity contribution in [3.05, 3.63) is 58.7 Å². The zero-order chi connectivity index (χ0) is 20.3. The number of aryl methyl sites for hydroxylation is 3. The van der Waals surface area contributed by atoms with Gasteiger partial charge in [-0.1, -0.05) is 36.6 Å². The topological polar surface area (TPSA) is 66.5 Å². The Bertz CT molecular complexity index is 975. The molecule has 0 unspecified atom stereocenters. The molecule has 0 aliphatic carbocycles. The predicted octanol–water partition coefficient (Wildman–Crippen LogP) is 4.43. The largest absolute Gasteiger partial charge is 0.339 e. The summed E-state index contributed by atoms with van der Waals surface area (Å²) in [5, 5.41) is 0. The van der Waals surface area contributed by atoms with Crippen molar-refractivity contribution in [2.75, 3.05) is 17.8 Å². The molecule has 2 aromatic rings. The van der Waals surface area contributed by atoms with Crippen molar-refractivity contribution < 1.29 is 13.2 Å². The first-order chi connectivity index (χ1) is 13.3. The molecule has 0 saturated carbocycles. The molecular weight excluding hydrogens is 372 g/mol. The molecule has 1 aliphatic rings. The van der Waals surface area contributed by atoms with Gasteiger partial charge < -0.3 is 4.90 Å². The van der Waals surface area contributed by atoms with Gasteiger partial charge in [0.25, 0.3) is 15.9 Å². The van der Waals surface area contributed by atoms with Crippen LogP contribution in [0.4, 0.5) is 5.69 Å². The standard InChI is InChI=1S/C22H28N2O3S/c1-16-8-11-20(18(3)14-16)23-28(26,27)21-15-19(10-9-17(21)2)22(25)24-12-6-4-5-7-13-24/h8-11,14-15,23H,4-7,12-13H2,1-3H3. The van der Waals surface area contributed by atoms with Crippen LogP contribution in [0.5, 0.6) is 0 Å². The molecule has 1 fully saturated rings. The second-order valence-electron chi connectivity index (χ2n) is 7.61. The van der Waals surface area contributed by atoms with Crippen LogP contribution in [-0.4, -0.2) is 32.3 Å². The molecule has 1 N–H and O–H groups in total. The zero-order valence-electron chi connectivity index (χ0n) is 16.8. The summed E-state index contributed by atoms with van der Waals surface area (Å²) in [4.78, 5) is 14.9. The minimum absolute atomic E-state index is 0.0927. The number of hydrogen-bond donors (Lipinski definition) is 1. The third-order valence-electron chi connectivity index (χ3n) is 5.24. The van der Waals surface area contributed by atoms with E-state index in [0.29, 0.717) is 16.8 Å². The number of nitrogens with zero attached hydrogens (tertiary/aromatic N) is 1. The van der Waals surface area contributed by atoms with Gasteiger partial charge in [-0.25, -0.2) is 8.42 Å². The number of hydrogen-bond acceptors (Lipinski definition) is 3. The molecule has 0 radical (unpaired) electrons. The van der Waals surface area contributed by atoms with Crippen molar-refractivity contribution in [1.82, 2.24) is 4.90 Å². The summed E-state index contributed by atoms with van der Waals surface area (Å²) in [6.07, 6.45) is 4.27. The summed E-state index contributed by atoms with van der Waals surface area (Å²) < 4.78 is 28.7. The van der Waals surface area contributed by atoms with Crippen molar-refractivity contribution in [3.63, 3.8) is 0 Å². The van der Waals surface area contributed by atoms with E-state index in [0.717, 1.165) is 49.9 Å². The van der Waals surface area contributed by atoms with E-state index in [2.05, 4.69) is 4.72 Å². The molecule has 1 saturated heterocycles. The van der Waals surface area contributed by atoms with Gasteiger partial charge in [-0.05, 0) is 62.9 Å². The highest BCUT2D eigenvalue weighted by Gasteiger charge is 2.22. The van der Waals surface area contributed by atoms with E-state index in [-0.39, 0.29) is 10.8 Å². The molecule has 28 heavy (non-hydrogen) atoms. The lowest BCUT2D eigenvalue weighted by Gasteiger charge is -2.21. The van der Waals surface area contributed by atoms with Crippen LogP contribution >= 0.6 is 0 Å². The Hall–Kier alpha value is -2.34. The molecule has 0 atom stereocenters. The number of anilines is 1. The first-order valence-electron chi connectivity index (χ1n) is 9.78. The van der Waals surface area contributed by atoms with E-state index in [4.69, 9.17) is 0 Å². The average molecular weight is 401 g/mol. The molecule has 1 amide bonds. The Morgan fingerprint density at radius 2 is 1.57 bits per heavy atom. The fourth-order valence-corrected chi connectivity index (χ4v) is 5.01. The number of benzene rings is 2. The second kappa shape index (κ2) is 8.35. The van der Waals surface area contributed by atoms with Crippen molar-refractivity contribution in [2.45, 2.75) is 51.3 Å². The normalized spacial score (nSPS) is 15.2. The number of rotatable bonds is 4. The quantitative estimate of drug-likeness (QED) is 0.826. The molecule has 3 rings (SSSR count). The van der Waals surface area contributed by atoms with Gasteiger partial charge >= 0.3 is 0 Å². The van der Waals surface area contributed by atoms with E-state index < -0.39 is 10.0 Å². The Labute approximate surface area is 167 Å². The molecule has 1 heterocycles. The molecule has 0 bridgehead atoms. The first-order valence-corrected chi connectivity index (χ1v) is 11.3. The first kappa shape index (κ1) is 20.4. The fourth-order valence-electron chi connectivity index (χ4n) is 3.61. The predicted molar refractivity (Wildman–Crippen MR) is 112 cm³/mol. The van der Waals surface area contributed by atoms with Gasteiger partial charge in [0.2, 0.25) is 0 Å². The number of carbonyl (C=O) groups is 1. The third kappa shape index (κ3) is 4.55. The monoisotopic (exact) mass is 400 g/mol. The Morgan fingerprint density at radius 1 is 0.893 bits per heavy atom. The summed E-state index contributed by atoms with van der Waals surface area (Å²) in [6.45, 7) is 7.05. The minimum atomic E-state index is -3.79. The van der Waals surface area contributed by atoms with Crippen LogP contribution < -0.4 is 4.72 Å². The number of sulfonamides is 1. The van der Waals surface area contributed by atoms with Crippen LogP contribution in [0.15, 0.2) is 41.3 Å². The molecule has 150 valence electrons. The average Bonchev–Trinajstić information content (AvgIpc) is 2.93. The molecule has 1 aliphatic heterocycles. The van der Waals surface area contributed by atoms with Crippen molar-refractivity contribution in [2.24, 2.45) is 0 Å². The van der Waals surface area contributed by atoms with E-state index in [1.807, 2.05) is 30.9 Å². The maximum absolute atomic E-state index is 13.0. The lowest BCUT2D eigenvalue weighted by Crippen LogP contribution is -2.32. The second-order valence-corrected chi connectivity index (χ2v) is 9.26. The Kier molecular flexibility index (Phi) is 6.08. The summed E-state index contributed by atoms with van der Waals surface area (Å²) in [5.41, 5.74) is 3.52. The number of amides is 1. The lowest BCUT2D eigenvalue weighted by atomic mass is 10.1. The van der Waals surface area contributed by atoms with Crippen LogP contribution in [0.1, 0.15) is 52.7 Å². The lowest BCUT2D eigenvalue weighted by molar-refractivity contribution is 0.0761. The van der Waals surface area contributed by atoms with E-state index in [1.54, 1.807) is 25.1 Å². The van der Waals surface area contributed by atoms with Gasteiger partial charge in [-0.3, -0.25) is 9.52 Å². The van der Waals surface area contributed by atoms with Gasteiger partial charge in [0.1, 0.15) is 0 Å². The van der Waals surface area contributed by atoms with E-state index in [9.17, 15) is 13.2 Å². The van der Waals surface area contributed by atoms with Gasteiger partial charge in [0.15, 0.2) is 0 Å². The van der Waals surface area contributed by atoms with Gasteiger partial charge in [-0.15, -0.1) is 0 Å². The smallest absolute Gasteiger partial charge is 0.262 e. The highest BCUT2D eigenvalue weighted by Crippen LogP contribution is 2.24. The van der Waals surface area contributed by atoms with E-state index in [1.165, 1.54) is 6.07 Å². The van der Waals surface area contributed by atoms with Crippen LogP contribution in [-0.2, 0) is 10.0 Å². The Balaban J connectivity index is 1.90. The van der Waals surface area contributed by atoms with Crippen LogP contribution in [0.25, 0.3) is 0 Å². The highest BCUT2D eigenvalue weighted by atomic mass is 32.2. The third-order valence-corrected chi connectivity index (χ3v) is 6.75. The Morgan fingerprint density at radius 3 is 2.21 bits per heavy atom. The number of carbonyl (C=O) groups excluding carboxylic acids is 1. The highest BCUT2D eigenvalue weighted by molar-refractivity contribution is 7.92. The molecule has 5 nitrogen and oxygen atoms in total. The van der Waals surface area contributed by atoms with Crippen molar-refractivity contribution >= 4 is 21.6 Å². The number of nitrogens with one attached hydrogen (secondary N) is 1. The molecule has 0 aromatic heterocycles. The summed E-state index contributed by atoms with van der Waals surface area (Å²) in [7, 11) is -3.79. The maximum Gasteiger partial charge on any atom is 0.262 e. The summed E-state index contributed by atoms with van der Waals surface area (Å²) in [5.74, 6) is -0.0927. The van der Waals surface area contributed by atoms with Gasteiger partial charge in [-0.2, -0.15) is 0 Å². The maximum atomic E-state index is 13.0. The van der Waals surface area contributed by atoms with Crippen molar-refractivity contribution in [3.8, 4) is 0 Å². The van der Waals surface area contributed by atoms with Gasteiger partial charge in [0, 0.05) is 18.7 Å². The fraction of sp³-hybridized carbons (Fsp3) is 0.409. The van der Waals surface area contributed by atoms with Crippen molar-refractivity contribution in [1.29, 1.82) is 0 Å². The zero-order valence-corrected chi connectivity index (χ0v) is 17.6. The van der Waals surface area contributed by atoms with E-state index >= 15 is 0 Å². The molecule has 0 spiro atoms. The molecule has 6 heteroatoms. The molecular formula is C22H28N2O3S. The van der Waals surface area contributed by atoms with Crippen LogP contribution in [0, 0.1) is 20.8 Å². The summed E-state index contributed by atoms with van der Waals surface area (Å²) >= 11 is 0. The minimum Gasteiger partial charge on any atom is -0.339 e. The van der Waals surface area contributed by atoms with Crippen LogP contribution in [0.3, 0.4) is 0 Å². The van der Waals surface area contributed by atoms with Crippen LogP contribution in [0.2, 0.25) is 0 Å². The molecule has 2 aromatic carbocycles.